The summed E-state index contributed by atoms with van der Waals surface area (Å²) >= 11 is 0. The van der Waals surface area contributed by atoms with E-state index in [1.165, 1.54) is 54.4 Å². The zero-order valence-electron chi connectivity index (χ0n) is 18.4. The summed E-state index contributed by atoms with van der Waals surface area (Å²) in [7, 11) is 0. The maximum atomic E-state index is 5.44. The maximum Gasteiger partial charge on any atom is 0.0178 e. The first-order chi connectivity index (χ1) is 13.0. The third-order valence-electron chi connectivity index (χ3n) is 5.45. The lowest BCUT2D eigenvalue weighted by Crippen LogP contribution is -2.04. The second-order valence-corrected chi connectivity index (χ2v) is 7.73. The van der Waals surface area contributed by atoms with Crippen molar-refractivity contribution in [2.75, 3.05) is 0 Å². The lowest BCUT2D eigenvalue weighted by molar-refractivity contribution is 0.346. The van der Waals surface area contributed by atoms with E-state index in [1.807, 2.05) is 0 Å². The van der Waals surface area contributed by atoms with Crippen molar-refractivity contribution in [2.24, 2.45) is 11.7 Å². The summed E-state index contributed by atoms with van der Waals surface area (Å²) in [5, 5.41) is 0. The van der Waals surface area contributed by atoms with Crippen LogP contribution in [0.25, 0.3) is 0 Å². The van der Waals surface area contributed by atoms with Crippen LogP contribution in [0.4, 0.5) is 0 Å². The predicted molar refractivity (Wildman–Crippen MR) is 121 cm³/mol. The molecule has 2 N–H and O–H groups in total. The molecule has 0 atom stereocenters. The topological polar surface area (TPSA) is 26.0 Å². The Morgan fingerprint density at radius 2 is 1.48 bits per heavy atom. The summed E-state index contributed by atoms with van der Waals surface area (Å²) in [5.74, 6) is 1.06. The molecule has 2 aromatic rings. The van der Waals surface area contributed by atoms with Gasteiger partial charge < -0.3 is 5.73 Å². The Morgan fingerprint density at radius 3 is 1.89 bits per heavy atom. The van der Waals surface area contributed by atoms with E-state index < -0.39 is 0 Å². The molecule has 2 aromatic carbocycles. The molecule has 1 heteroatoms. The van der Waals surface area contributed by atoms with Gasteiger partial charge in [-0.15, -0.1) is 0 Å². The van der Waals surface area contributed by atoms with E-state index >= 15 is 0 Å². The van der Waals surface area contributed by atoms with Crippen molar-refractivity contribution in [3.63, 3.8) is 0 Å². The number of hydrogen-bond acceptors (Lipinski definition) is 1. The molecule has 27 heavy (non-hydrogen) atoms. The molecule has 0 bridgehead atoms. The molecule has 3 rings (SSSR count). The highest BCUT2D eigenvalue weighted by atomic mass is 14.5. The maximum absolute atomic E-state index is 5.44. The Labute approximate surface area is 168 Å². The van der Waals surface area contributed by atoms with E-state index in [0.29, 0.717) is 6.54 Å². The normalized spacial score (nSPS) is 13.0. The van der Waals surface area contributed by atoms with Gasteiger partial charge in [-0.25, -0.2) is 0 Å². The van der Waals surface area contributed by atoms with E-state index in [1.54, 1.807) is 5.56 Å². The Morgan fingerprint density at radius 1 is 0.889 bits per heavy atom. The van der Waals surface area contributed by atoms with Crippen LogP contribution in [0.2, 0.25) is 0 Å². The summed E-state index contributed by atoms with van der Waals surface area (Å²) in [6, 6.07) is 15.0. The lowest BCUT2D eigenvalue weighted by Gasteiger charge is -2.18. The average molecular weight is 368 g/mol. The molecule has 1 aliphatic rings. The number of benzene rings is 2. The highest BCUT2D eigenvalue weighted by molar-refractivity contribution is 5.34. The van der Waals surface area contributed by atoms with Crippen molar-refractivity contribution in [3.05, 3.63) is 70.3 Å². The van der Waals surface area contributed by atoms with Crippen LogP contribution in [-0.4, -0.2) is 0 Å². The van der Waals surface area contributed by atoms with Gasteiger partial charge in [-0.3, -0.25) is 0 Å². The molecule has 0 amide bonds. The van der Waals surface area contributed by atoms with Crippen molar-refractivity contribution >= 4 is 0 Å². The van der Waals surface area contributed by atoms with Crippen molar-refractivity contribution in [3.8, 4) is 0 Å². The van der Waals surface area contributed by atoms with Crippen molar-refractivity contribution in [1.82, 2.24) is 0 Å². The third kappa shape index (κ3) is 8.75. The van der Waals surface area contributed by atoms with Crippen LogP contribution in [-0.2, 0) is 25.8 Å². The minimum atomic E-state index is 0.643. The molecule has 0 aliphatic heterocycles. The van der Waals surface area contributed by atoms with E-state index in [4.69, 9.17) is 5.73 Å². The number of rotatable bonds is 5. The molecule has 150 valence electrons. The molecule has 0 heterocycles. The first-order valence-electron chi connectivity index (χ1n) is 10.9. The summed E-state index contributed by atoms with van der Waals surface area (Å²) in [6.07, 6.45) is 9.21. The van der Waals surface area contributed by atoms with Crippen molar-refractivity contribution < 1.29 is 0 Å². The average Bonchev–Trinajstić information content (AvgIpc) is 2.69. The lowest BCUT2D eigenvalue weighted by atomic mass is 9.88. The Hall–Kier alpha value is -1.60. The van der Waals surface area contributed by atoms with Crippen LogP contribution >= 0.6 is 0 Å². The van der Waals surface area contributed by atoms with E-state index in [-0.39, 0.29) is 0 Å². The first kappa shape index (κ1) is 23.4. The van der Waals surface area contributed by atoms with Crippen molar-refractivity contribution in [2.45, 2.75) is 86.1 Å². The van der Waals surface area contributed by atoms with Crippen LogP contribution < -0.4 is 5.73 Å². The van der Waals surface area contributed by atoms with Gasteiger partial charge >= 0.3 is 0 Å². The second-order valence-electron chi connectivity index (χ2n) is 7.73. The van der Waals surface area contributed by atoms with Crippen LogP contribution in [0, 0.1) is 12.8 Å². The van der Waals surface area contributed by atoms with Crippen LogP contribution in [0.3, 0.4) is 0 Å². The van der Waals surface area contributed by atoms with Gasteiger partial charge in [0.15, 0.2) is 0 Å². The summed E-state index contributed by atoms with van der Waals surface area (Å²) < 4.78 is 0. The molecule has 1 aliphatic carbocycles. The van der Waals surface area contributed by atoms with E-state index in [0.717, 1.165) is 18.8 Å². The molecule has 1 nitrogen and oxygen atoms in total. The summed E-state index contributed by atoms with van der Waals surface area (Å²) in [6.45, 7) is 11.8. The monoisotopic (exact) mass is 367 g/mol. The van der Waals surface area contributed by atoms with Gasteiger partial charge in [-0.2, -0.15) is 0 Å². The molecule has 0 spiro atoms. The highest BCUT2D eigenvalue weighted by Crippen LogP contribution is 2.24. The summed E-state index contributed by atoms with van der Waals surface area (Å²) in [5.41, 5.74) is 12.6. The fraction of sp³-hybridized carbons (Fsp3) is 0.538. The molecule has 0 radical (unpaired) electrons. The first-order valence-corrected chi connectivity index (χ1v) is 10.9. The minimum absolute atomic E-state index is 0.643. The van der Waals surface area contributed by atoms with Gasteiger partial charge in [0.2, 0.25) is 0 Å². The number of nitrogens with two attached hydrogens (primary N) is 1. The standard InChI is InChI=1S/C12H18.C9H13N.C5H10/c1-4-7-12-10(3)8-6-9-11(12)5-2;1-2-8-3-5-9(7-10)6-4-8;1-5-3-2-4-5/h6,8-9H,4-5,7H2,1-3H3;3-6H,2,7,10H2,1H3;5H,2-4H2,1H3. The quantitative estimate of drug-likeness (QED) is 0.603. The third-order valence-corrected chi connectivity index (χ3v) is 5.45. The van der Waals surface area contributed by atoms with Gasteiger partial charge in [-0.05, 0) is 59.9 Å². The smallest absolute Gasteiger partial charge is 0.0178 e. The minimum Gasteiger partial charge on any atom is -0.326 e. The zero-order chi connectivity index (χ0) is 20.1. The Bertz CT molecular complexity index is 600. The fourth-order valence-electron chi connectivity index (χ4n) is 3.23. The van der Waals surface area contributed by atoms with Gasteiger partial charge in [-0.1, -0.05) is 95.8 Å². The predicted octanol–water partition coefficient (Wildman–Crippen LogP) is 7.02. The molecule has 0 saturated heterocycles. The van der Waals surface area contributed by atoms with Crippen LogP contribution in [0.5, 0.6) is 0 Å². The van der Waals surface area contributed by atoms with Gasteiger partial charge in [0.1, 0.15) is 0 Å². The number of aryl methyl sites for hydroxylation is 3. The van der Waals surface area contributed by atoms with Gasteiger partial charge in [0.25, 0.3) is 0 Å². The van der Waals surface area contributed by atoms with Crippen LogP contribution in [0.1, 0.15) is 81.2 Å². The zero-order valence-corrected chi connectivity index (χ0v) is 18.4. The highest BCUT2D eigenvalue weighted by Gasteiger charge is 2.09. The van der Waals surface area contributed by atoms with E-state index in [2.05, 4.69) is 77.1 Å². The SMILES string of the molecule is CC1CCC1.CCCc1c(C)cccc1CC.CCc1ccc(CN)cc1. The molecular weight excluding hydrogens is 326 g/mol. The van der Waals surface area contributed by atoms with Crippen molar-refractivity contribution in [1.29, 1.82) is 0 Å². The van der Waals surface area contributed by atoms with Gasteiger partial charge in [0, 0.05) is 6.54 Å². The molecule has 1 fully saturated rings. The Balaban J connectivity index is 0.000000218. The Kier molecular flexibility index (Phi) is 11.8. The van der Waals surface area contributed by atoms with Crippen LogP contribution in [0.15, 0.2) is 42.5 Å². The largest absolute Gasteiger partial charge is 0.326 e. The van der Waals surface area contributed by atoms with Gasteiger partial charge in [0.05, 0.1) is 0 Å². The molecular formula is C26H41N. The van der Waals surface area contributed by atoms with E-state index in [9.17, 15) is 0 Å². The summed E-state index contributed by atoms with van der Waals surface area (Å²) in [4.78, 5) is 0. The number of hydrogen-bond donors (Lipinski definition) is 1. The molecule has 1 saturated carbocycles. The second kappa shape index (κ2) is 13.6. The molecule has 0 aromatic heterocycles. The fourth-order valence-corrected chi connectivity index (χ4v) is 3.23. The molecule has 0 unspecified atom stereocenters.